The van der Waals surface area contributed by atoms with Gasteiger partial charge < -0.3 is 0 Å². The van der Waals surface area contributed by atoms with Crippen molar-refractivity contribution < 1.29 is 0 Å². The number of allylic oxidation sites excluding steroid dienone is 5. The largest absolute Gasteiger partial charge is 0.198 e. The molecule has 17 heavy (non-hydrogen) atoms. The first-order chi connectivity index (χ1) is 8.19. The number of nitrogens with zero attached hydrogens (tertiary/aromatic N) is 1. The van der Waals surface area contributed by atoms with E-state index in [-0.39, 0.29) is 5.92 Å². The first-order valence-corrected chi connectivity index (χ1v) is 6.59. The van der Waals surface area contributed by atoms with Gasteiger partial charge in [0, 0.05) is 0 Å². The second-order valence-electron chi connectivity index (χ2n) is 4.45. The summed E-state index contributed by atoms with van der Waals surface area (Å²) in [5.41, 5.74) is 1.31. The first-order valence-electron chi connectivity index (χ1n) is 6.59. The third-order valence-corrected chi connectivity index (χ3v) is 2.84. The van der Waals surface area contributed by atoms with Crippen LogP contribution in [0.25, 0.3) is 0 Å². The summed E-state index contributed by atoms with van der Waals surface area (Å²) < 4.78 is 0. The molecule has 94 valence electrons. The minimum Gasteiger partial charge on any atom is -0.198 e. The SMILES string of the molecule is C=C/C=C(\C=C/C(C)C#N)C(CCC)CCC. The standard InChI is InChI=1S/C16H25N/c1-5-8-15(9-6-2)16(10-7-3)12-11-14(4)13-17/h7,10-12,14-15H,3,5-6,8-9H2,1-2,4H3/b12-11-,16-10+. The molecule has 0 amide bonds. The zero-order valence-electron chi connectivity index (χ0n) is 11.4. The Balaban J connectivity index is 4.80. The van der Waals surface area contributed by atoms with Crippen molar-refractivity contribution in [3.63, 3.8) is 0 Å². The first kappa shape index (κ1) is 15.7. The van der Waals surface area contributed by atoms with Crippen LogP contribution in [-0.2, 0) is 0 Å². The molecule has 0 aromatic carbocycles. The molecular weight excluding hydrogens is 206 g/mol. The molecule has 0 aliphatic heterocycles. The normalized spacial score (nSPS) is 13.9. The van der Waals surface area contributed by atoms with E-state index in [1.54, 1.807) is 0 Å². The summed E-state index contributed by atoms with van der Waals surface area (Å²) in [4.78, 5) is 0. The monoisotopic (exact) mass is 231 g/mol. The maximum absolute atomic E-state index is 8.78. The van der Waals surface area contributed by atoms with Crippen LogP contribution < -0.4 is 0 Å². The topological polar surface area (TPSA) is 23.8 Å². The zero-order chi connectivity index (χ0) is 13.1. The van der Waals surface area contributed by atoms with Crippen molar-refractivity contribution in [3.8, 4) is 6.07 Å². The average molecular weight is 231 g/mol. The zero-order valence-corrected chi connectivity index (χ0v) is 11.4. The van der Waals surface area contributed by atoms with Crippen LogP contribution >= 0.6 is 0 Å². The second-order valence-corrected chi connectivity index (χ2v) is 4.45. The molecule has 0 heterocycles. The van der Waals surface area contributed by atoms with E-state index < -0.39 is 0 Å². The van der Waals surface area contributed by atoms with Crippen molar-refractivity contribution in [2.45, 2.75) is 46.5 Å². The summed E-state index contributed by atoms with van der Waals surface area (Å²) in [5, 5.41) is 8.78. The number of nitriles is 1. The van der Waals surface area contributed by atoms with Crippen LogP contribution in [0.5, 0.6) is 0 Å². The Morgan fingerprint density at radius 3 is 2.29 bits per heavy atom. The van der Waals surface area contributed by atoms with Gasteiger partial charge in [-0.2, -0.15) is 5.26 Å². The van der Waals surface area contributed by atoms with Gasteiger partial charge in [-0.05, 0) is 31.3 Å². The molecule has 1 nitrogen and oxygen atoms in total. The van der Waals surface area contributed by atoms with Crippen LogP contribution in [0.15, 0.2) is 36.5 Å². The summed E-state index contributed by atoms with van der Waals surface area (Å²) in [6.07, 6.45) is 12.8. The van der Waals surface area contributed by atoms with E-state index in [1.165, 1.54) is 31.3 Å². The van der Waals surface area contributed by atoms with E-state index in [0.717, 1.165) is 0 Å². The van der Waals surface area contributed by atoms with Gasteiger partial charge in [0.15, 0.2) is 0 Å². The molecule has 0 spiro atoms. The van der Waals surface area contributed by atoms with Gasteiger partial charge in [-0.3, -0.25) is 0 Å². The minimum atomic E-state index is -0.0212. The second kappa shape index (κ2) is 9.90. The van der Waals surface area contributed by atoms with Crippen LogP contribution in [0.2, 0.25) is 0 Å². The Morgan fingerprint density at radius 1 is 1.29 bits per heavy atom. The third kappa shape index (κ3) is 6.79. The molecule has 0 N–H and O–H groups in total. The molecule has 1 unspecified atom stereocenters. The van der Waals surface area contributed by atoms with Gasteiger partial charge in [-0.15, -0.1) is 0 Å². The lowest BCUT2D eigenvalue weighted by Crippen LogP contribution is -2.02. The molecule has 1 heteroatoms. The molecule has 1 atom stereocenters. The maximum Gasteiger partial charge on any atom is 0.0694 e. The number of hydrogen-bond acceptors (Lipinski definition) is 1. The van der Waals surface area contributed by atoms with Gasteiger partial charge in [0.25, 0.3) is 0 Å². The summed E-state index contributed by atoms with van der Waals surface area (Å²) in [6, 6.07) is 2.23. The maximum atomic E-state index is 8.78. The fraction of sp³-hybridized carbons (Fsp3) is 0.562. The number of hydrogen-bond donors (Lipinski definition) is 0. The van der Waals surface area contributed by atoms with Gasteiger partial charge in [0.05, 0.1) is 12.0 Å². The lowest BCUT2D eigenvalue weighted by molar-refractivity contribution is 0.512. The van der Waals surface area contributed by atoms with Crippen LogP contribution in [0.4, 0.5) is 0 Å². The molecule has 0 rings (SSSR count). The molecule has 0 aliphatic rings. The molecule has 0 aromatic heterocycles. The molecule has 0 saturated carbocycles. The summed E-state index contributed by atoms with van der Waals surface area (Å²) in [6.45, 7) is 10.1. The van der Waals surface area contributed by atoms with E-state index in [4.69, 9.17) is 5.26 Å². The van der Waals surface area contributed by atoms with Crippen LogP contribution in [0, 0.1) is 23.2 Å². The highest BCUT2D eigenvalue weighted by molar-refractivity contribution is 5.26. The van der Waals surface area contributed by atoms with E-state index in [2.05, 4.69) is 38.6 Å². The van der Waals surface area contributed by atoms with Crippen molar-refractivity contribution in [1.82, 2.24) is 0 Å². The molecule has 0 aliphatic carbocycles. The van der Waals surface area contributed by atoms with E-state index in [0.29, 0.717) is 5.92 Å². The van der Waals surface area contributed by atoms with Gasteiger partial charge in [-0.1, -0.05) is 57.6 Å². The molecular formula is C16H25N. The Kier molecular flexibility index (Phi) is 9.15. The van der Waals surface area contributed by atoms with E-state index in [1.807, 2.05) is 19.1 Å². The predicted octanol–water partition coefficient (Wildman–Crippen LogP) is 5.03. The summed E-state index contributed by atoms with van der Waals surface area (Å²) in [7, 11) is 0. The molecule has 0 aromatic rings. The highest BCUT2D eigenvalue weighted by atomic mass is 14.2. The molecule has 0 saturated heterocycles. The Labute approximate surface area is 107 Å². The Bertz CT molecular complexity index is 298. The third-order valence-electron chi connectivity index (χ3n) is 2.84. The van der Waals surface area contributed by atoms with Crippen molar-refractivity contribution in [2.75, 3.05) is 0 Å². The fourth-order valence-corrected chi connectivity index (χ4v) is 1.94. The van der Waals surface area contributed by atoms with Crippen LogP contribution in [0.1, 0.15) is 46.5 Å². The van der Waals surface area contributed by atoms with Gasteiger partial charge in [0.2, 0.25) is 0 Å². The van der Waals surface area contributed by atoms with Crippen molar-refractivity contribution >= 4 is 0 Å². The molecule has 0 fully saturated rings. The van der Waals surface area contributed by atoms with Crippen molar-refractivity contribution in [3.05, 3.63) is 36.5 Å². The number of rotatable bonds is 8. The average Bonchev–Trinajstić information content (AvgIpc) is 2.33. The molecule has 0 bridgehead atoms. The summed E-state index contributed by atoms with van der Waals surface area (Å²) >= 11 is 0. The van der Waals surface area contributed by atoms with Crippen LogP contribution in [0.3, 0.4) is 0 Å². The Morgan fingerprint density at radius 2 is 1.88 bits per heavy atom. The highest BCUT2D eigenvalue weighted by Gasteiger charge is 2.10. The van der Waals surface area contributed by atoms with Gasteiger partial charge in [0.1, 0.15) is 0 Å². The van der Waals surface area contributed by atoms with Gasteiger partial charge in [-0.25, -0.2) is 0 Å². The summed E-state index contributed by atoms with van der Waals surface area (Å²) in [5.74, 6) is 0.581. The van der Waals surface area contributed by atoms with Crippen molar-refractivity contribution in [2.24, 2.45) is 11.8 Å². The predicted molar refractivity (Wildman–Crippen MR) is 75.5 cm³/mol. The lowest BCUT2D eigenvalue weighted by Gasteiger charge is -2.16. The quantitative estimate of drug-likeness (QED) is 0.537. The van der Waals surface area contributed by atoms with E-state index in [9.17, 15) is 0 Å². The Hall–Kier alpha value is -1.29. The molecule has 0 radical (unpaired) electrons. The fourth-order valence-electron chi connectivity index (χ4n) is 1.94. The van der Waals surface area contributed by atoms with Crippen LogP contribution in [-0.4, -0.2) is 0 Å². The van der Waals surface area contributed by atoms with E-state index >= 15 is 0 Å². The lowest BCUT2D eigenvalue weighted by atomic mass is 9.89. The minimum absolute atomic E-state index is 0.0212. The highest BCUT2D eigenvalue weighted by Crippen LogP contribution is 2.24. The smallest absolute Gasteiger partial charge is 0.0694 e. The van der Waals surface area contributed by atoms with Crippen molar-refractivity contribution in [1.29, 1.82) is 5.26 Å². The van der Waals surface area contributed by atoms with Gasteiger partial charge >= 0.3 is 0 Å².